The van der Waals surface area contributed by atoms with Crippen molar-refractivity contribution in [3.05, 3.63) is 53.4 Å². The van der Waals surface area contributed by atoms with E-state index in [1.807, 2.05) is 33.8 Å². The molecule has 0 aromatic carbocycles. The summed E-state index contributed by atoms with van der Waals surface area (Å²) in [5.74, 6) is 0.0369. The van der Waals surface area contributed by atoms with E-state index in [9.17, 15) is 4.79 Å². The minimum atomic E-state index is 0.0369. The molecule has 0 bridgehead atoms. The van der Waals surface area contributed by atoms with Crippen LogP contribution in [0.3, 0.4) is 0 Å². The zero-order chi connectivity index (χ0) is 17.1. The van der Waals surface area contributed by atoms with Gasteiger partial charge in [-0.3, -0.25) is 9.48 Å². The third-order valence-corrected chi connectivity index (χ3v) is 5.35. The number of hydrogen-bond acceptors (Lipinski definition) is 5. The predicted octanol–water partition coefficient (Wildman–Crippen LogP) is 3.32. The normalized spacial score (nSPS) is 20.3. The Morgan fingerprint density at radius 3 is 2.84 bits per heavy atom. The molecule has 1 N–H and O–H groups in total. The Bertz CT molecular complexity index is 822. The Morgan fingerprint density at radius 1 is 1.24 bits per heavy atom. The van der Waals surface area contributed by atoms with Gasteiger partial charge in [0.05, 0.1) is 17.9 Å². The second-order valence-electron chi connectivity index (χ2n) is 6.29. The Hall–Kier alpha value is -2.54. The minimum absolute atomic E-state index is 0.0369. The molecule has 0 saturated heterocycles. The molecule has 1 amide bonds. The molecule has 4 rings (SSSR count). The van der Waals surface area contributed by atoms with E-state index in [0.29, 0.717) is 6.04 Å². The molecule has 0 spiro atoms. The van der Waals surface area contributed by atoms with E-state index in [4.69, 9.17) is 0 Å². The first-order valence-electron chi connectivity index (χ1n) is 8.43. The van der Waals surface area contributed by atoms with Crippen molar-refractivity contribution < 1.29 is 4.79 Å². The third kappa shape index (κ3) is 3.61. The third-order valence-electron chi connectivity index (χ3n) is 4.67. The molecule has 0 atom stereocenters. The van der Waals surface area contributed by atoms with Gasteiger partial charge in [0.25, 0.3) is 5.91 Å². The highest BCUT2D eigenvalue weighted by molar-refractivity contribution is 7.08. The molecule has 3 aromatic rings. The molecule has 0 aliphatic heterocycles. The van der Waals surface area contributed by atoms with Gasteiger partial charge >= 0.3 is 0 Å². The van der Waals surface area contributed by atoms with Crippen molar-refractivity contribution >= 4 is 17.2 Å². The second kappa shape index (κ2) is 7.14. The summed E-state index contributed by atoms with van der Waals surface area (Å²) in [6.07, 6.45) is 11.2. The smallest absolute Gasteiger partial charge is 0.252 e. The monoisotopic (exact) mass is 353 g/mol. The van der Waals surface area contributed by atoms with E-state index in [0.717, 1.165) is 42.5 Å². The van der Waals surface area contributed by atoms with Crippen molar-refractivity contribution in [3.63, 3.8) is 0 Å². The number of rotatable bonds is 4. The number of nitrogens with zero attached hydrogens (tertiary/aromatic N) is 4. The molecule has 6 nitrogen and oxygen atoms in total. The van der Waals surface area contributed by atoms with Gasteiger partial charge in [0, 0.05) is 34.9 Å². The number of carbonyl (C=O) groups is 1. The molecule has 1 fully saturated rings. The molecule has 25 heavy (non-hydrogen) atoms. The molecular weight excluding hydrogens is 334 g/mol. The lowest BCUT2D eigenvalue weighted by atomic mass is 9.91. The number of aromatic nitrogens is 4. The molecule has 128 valence electrons. The van der Waals surface area contributed by atoms with Crippen LogP contribution in [0.5, 0.6) is 0 Å². The summed E-state index contributed by atoms with van der Waals surface area (Å²) in [4.78, 5) is 20.4. The highest BCUT2D eigenvalue weighted by Crippen LogP contribution is 2.29. The van der Waals surface area contributed by atoms with Crippen LogP contribution >= 0.6 is 11.3 Å². The summed E-state index contributed by atoms with van der Waals surface area (Å²) >= 11 is 1.55. The average molecular weight is 353 g/mol. The fourth-order valence-electron chi connectivity index (χ4n) is 3.28. The minimum Gasteiger partial charge on any atom is -0.349 e. The van der Waals surface area contributed by atoms with Crippen molar-refractivity contribution in [3.8, 4) is 11.3 Å². The Kier molecular flexibility index (Phi) is 4.56. The van der Waals surface area contributed by atoms with Crippen molar-refractivity contribution in [1.82, 2.24) is 25.1 Å². The zero-order valence-electron chi connectivity index (χ0n) is 13.7. The van der Waals surface area contributed by atoms with Crippen LogP contribution in [0.1, 0.15) is 42.1 Å². The van der Waals surface area contributed by atoms with Gasteiger partial charge in [-0.2, -0.15) is 16.4 Å². The molecule has 1 saturated carbocycles. The first-order valence-corrected chi connectivity index (χ1v) is 9.37. The zero-order valence-corrected chi connectivity index (χ0v) is 14.5. The van der Waals surface area contributed by atoms with Crippen LogP contribution in [-0.4, -0.2) is 31.7 Å². The molecule has 1 aliphatic carbocycles. The maximum Gasteiger partial charge on any atom is 0.252 e. The summed E-state index contributed by atoms with van der Waals surface area (Å²) < 4.78 is 2.04. The summed E-state index contributed by atoms with van der Waals surface area (Å²) in [6.45, 7) is 0. The van der Waals surface area contributed by atoms with Crippen molar-refractivity contribution in [2.24, 2.45) is 0 Å². The van der Waals surface area contributed by atoms with Gasteiger partial charge in [-0.25, -0.2) is 9.97 Å². The summed E-state index contributed by atoms with van der Waals surface area (Å²) in [7, 11) is 0. The average Bonchev–Trinajstić information content (AvgIpc) is 3.35. The lowest BCUT2D eigenvalue weighted by Crippen LogP contribution is -2.37. The van der Waals surface area contributed by atoms with E-state index in [2.05, 4.69) is 26.6 Å². The van der Waals surface area contributed by atoms with Crippen LogP contribution in [0.4, 0.5) is 0 Å². The van der Waals surface area contributed by atoms with Gasteiger partial charge in [0.1, 0.15) is 6.33 Å². The van der Waals surface area contributed by atoms with E-state index >= 15 is 0 Å². The Balaban J connectivity index is 1.34. The molecular formula is C18H19N5OS. The number of carbonyl (C=O) groups excluding carboxylic acids is 1. The molecule has 3 heterocycles. The SMILES string of the molecule is O=C(NC1CCC(n2cc(-c3ccncn3)cn2)CC1)c1ccsc1. The first kappa shape index (κ1) is 16.0. The van der Waals surface area contributed by atoms with E-state index in [1.54, 1.807) is 23.9 Å². The topological polar surface area (TPSA) is 72.7 Å². The van der Waals surface area contributed by atoms with Crippen LogP contribution in [-0.2, 0) is 0 Å². The molecule has 0 unspecified atom stereocenters. The van der Waals surface area contributed by atoms with Crippen molar-refractivity contribution in [2.45, 2.75) is 37.8 Å². The number of thiophene rings is 1. The molecule has 0 radical (unpaired) electrons. The van der Waals surface area contributed by atoms with Crippen LogP contribution < -0.4 is 5.32 Å². The van der Waals surface area contributed by atoms with Gasteiger partial charge in [-0.05, 0) is 43.2 Å². The van der Waals surface area contributed by atoms with E-state index in [-0.39, 0.29) is 11.9 Å². The van der Waals surface area contributed by atoms with Crippen LogP contribution in [0.25, 0.3) is 11.3 Å². The fourth-order valence-corrected chi connectivity index (χ4v) is 3.91. The Morgan fingerprint density at radius 2 is 2.12 bits per heavy atom. The van der Waals surface area contributed by atoms with Crippen LogP contribution in [0.15, 0.2) is 47.8 Å². The van der Waals surface area contributed by atoms with Gasteiger partial charge < -0.3 is 5.32 Å². The second-order valence-corrected chi connectivity index (χ2v) is 7.07. The van der Waals surface area contributed by atoms with Crippen molar-refractivity contribution in [1.29, 1.82) is 0 Å². The Labute approximate surface area is 149 Å². The highest BCUT2D eigenvalue weighted by Gasteiger charge is 2.24. The maximum atomic E-state index is 12.2. The lowest BCUT2D eigenvalue weighted by molar-refractivity contribution is 0.0922. The lowest BCUT2D eigenvalue weighted by Gasteiger charge is -2.29. The number of nitrogens with one attached hydrogen (secondary N) is 1. The summed E-state index contributed by atoms with van der Waals surface area (Å²) in [5.41, 5.74) is 2.65. The van der Waals surface area contributed by atoms with Crippen molar-refractivity contribution in [2.75, 3.05) is 0 Å². The van der Waals surface area contributed by atoms with Crippen LogP contribution in [0, 0.1) is 0 Å². The highest BCUT2D eigenvalue weighted by atomic mass is 32.1. The predicted molar refractivity (Wildman–Crippen MR) is 96.3 cm³/mol. The largest absolute Gasteiger partial charge is 0.349 e. The first-order chi connectivity index (χ1) is 12.3. The molecule has 7 heteroatoms. The maximum absolute atomic E-state index is 12.2. The van der Waals surface area contributed by atoms with Gasteiger partial charge in [-0.1, -0.05) is 0 Å². The van der Waals surface area contributed by atoms with E-state index < -0.39 is 0 Å². The number of hydrogen-bond donors (Lipinski definition) is 1. The van der Waals surface area contributed by atoms with Gasteiger partial charge in [0.2, 0.25) is 0 Å². The fraction of sp³-hybridized carbons (Fsp3) is 0.333. The van der Waals surface area contributed by atoms with Gasteiger partial charge in [0.15, 0.2) is 0 Å². The standard InChI is InChI=1S/C18H19N5OS/c24-18(13-6-8-25-11-13)22-15-1-3-16(4-2-15)23-10-14(9-21-23)17-5-7-19-12-20-17/h5-12,15-16H,1-4H2,(H,22,24). The van der Waals surface area contributed by atoms with Gasteiger partial charge in [-0.15, -0.1) is 0 Å². The summed E-state index contributed by atoms with van der Waals surface area (Å²) in [5, 5.41) is 11.5. The summed E-state index contributed by atoms with van der Waals surface area (Å²) in [6, 6.07) is 4.38. The van der Waals surface area contributed by atoms with Crippen LogP contribution in [0.2, 0.25) is 0 Å². The molecule has 1 aliphatic rings. The molecule has 3 aromatic heterocycles. The number of amides is 1. The van der Waals surface area contributed by atoms with E-state index in [1.165, 1.54) is 0 Å². The quantitative estimate of drug-likeness (QED) is 0.781.